The minimum absolute atomic E-state index is 0.00587. The molecular formula is C39H33N3O3S. The normalized spacial score (nSPS) is 12.2. The topological polar surface area (TPSA) is 80.2 Å². The van der Waals surface area contributed by atoms with Crippen molar-refractivity contribution in [2.75, 3.05) is 5.32 Å². The van der Waals surface area contributed by atoms with Gasteiger partial charge in [-0.3, -0.25) is 19.0 Å². The summed E-state index contributed by atoms with van der Waals surface area (Å²) in [5.74, 6) is -0.832. The minimum atomic E-state index is -0.457. The van der Waals surface area contributed by atoms with Gasteiger partial charge in [-0.2, -0.15) is 0 Å². The van der Waals surface area contributed by atoms with Crippen molar-refractivity contribution in [3.8, 4) is 0 Å². The number of carbonyl (C=O) groups excluding carboxylic acids is 3. The van der Waals surface area contributed by atoms with Crippen LogP contribution < -0.4 is 10.6 Å². The zero-order chi connectivity index (χ0) is 32.0. The van der Waals surface area contributed by atoms with E-state index in [1.165, 1.54) is 11.8 Å². The third-order valence-corrected chi connectivity index (χ3v) is 9.04. The third-order valence-electron chi connectivity index (χ3n) is 7.70. The van der Waals surface area contributed by atoms with Gasteiger partial charge < -0.3 is 10.6 Å². The summed E-state index contributed by atoms with van der Waals surface area (Å²) in [5, 5.41) is 7.48. The van der Waals surface area contributed by atoms with Crippen molar-refractivity contribution in [2.24, 2.45) is 0 Å². The number of benzene rings is 5. The minimum Gasteiger partial charge on any atom is -0.321 e. The van der Waals surface area contributed by atoms with Gasteiger partial charge in [0.2, 0.25) is 5.91 Å². The summed E-state index contributed by atoms with van der Waals surface area (Å²) < 4.78 is 1.83. The van der Waals surface area contributed by atoms with Gasteiger partial charge in [-0.25, -0.2) is 0 Å². The highest BCUT2D eigenvalue weighted by Crippen LogP contribution is 2.33. The van der Waals surface area contributed by atoms with Crippen molar-refractivity contribution in [3.05, 3.63) is 150 Å². The van der Waals surface area contributed by atoms with Gasteiger partial charge in [0.25, 0.3) is 11.8 Å². The van der Waals surface area contributed by atoms with E-state index in [0.29, 0.717) is 17.7 Å². The predicted molar refractivity (Wildman–Crippen MR) is 188 cm³/mol. The first kappa shape index (κ1) is 30.6. The van der Waals surface area contributed by atoms with Crippen molar-refractivity contribution in [1.29, 1.82) is 0 Å². The number of aromatic nitrogens is 1. The van der Waals surface area contributed by atoms with Gasteiger partial charge in [-0.15, -0.1) is 11.8 Å². The van der Waals surface area contributed by atoms with E-state index in [-0.39, 0.29) is 22.8 Å². The maximum absolute atomic E-state index is 14.1. The molecule has 1 heterocycles. The van der Waals surface area contributed by atoms with E-state index < -0.39 is 5.91 Å². The van der Waals surface area contributed by atoms with Crippen molar-refractivity contribution >= 4 is 63.1 Å². The van der Waals surface area contributed by atoms with Crippen LogP contribution in [0.5, 0.6) is 0 Å². The van der Waals surface area contributed by atoms with Crippen LogP contribution in [-0.4, -0.2) is 27.5 Å². The molecule has 0 bridgehead atoms. The van der Waals surface area contributed by atoms with Crippen molar-refractivity contribution in [3.63, 3.8) is 0 Å². The Bertz CT molecular complexity index is 2050. The summed E-state index contributed by atoms with van der Waals surface area (Å²) in [4.78, 5) is 41.6. The SMILES string of the molecule is CCC(Sc1cccc(NC(=O)/C(=C\c2cccc(C)c2)NC(=O)c2ccccc2)c1)C(=O)n1c2ccccc2c2ccccc21. The zero-order valence-electron chi connectivity index (χ0n) is 25.6. The molecule has 0 aliphatic heterocycles. The van der Waals surface area contributed by atoms with Crippen molar-refractivity contribution in [1.82, 2.24) is 9.88 Å². The molecule has 0 radical (unpaired) electrons. The van der Waals surface area contributed by atoms with E-state index in [9.17, 15) is 14.4 Å². The van der Waals surface area contributed by atoms with Crippen LogP contribution in [0.25, 0.3) is 27.9 Å². The summed E-state index contributed by atoms with van der Waals surface area (Å²) in [7, 11) is 0. The van der Waals surface area contributed by atoms with E-state index in [0.717, 1.165) is 37.8 Å². The maximum atomic E-state index is 14.1. The predicted octanol–water partition coefficient (Wildman–Crippen LogP) is 8.72. The molecule has 1 atom stereocenters. The molecule has 2 amide bonds. The number of aryl methyl sites for hydroxylation is 1. The first-order valence-corrected chi connectivity index (χ1v) is 16.0. The number of hydrogen-bond acceptors (Lipinski definition) is 4. The van der Waals surface area contributed by atoms with Crippen LogP contribution in [0.1, 0.15) is 39.6 Å². The van der Waals surface area contributed by atoms with Crippen LogP contribution in [-0.2, 0) is 4.79 Å². The Balaban J connectivity index is 1.24. The highest BCUT2D eigenvalue weighted by atomic mass is 32.2. The third kappa shape index (κ3) is 6.65. The molecular weight excluding hydrogens is 591 g/mol. The molecule has 46 heavy (non-hydrogen) atoms. The highest BCUT2D eigenvalue weighted by Gasteiger charge is 2.24. The molecule has 228 valence electrons. The molecule has 6 nitrogen and oxygen atoms in total. The lowest BCUT2D eigenvalue weighted by Crippen LogP contribution is -2.30. The Kier molecular flexibility index (Phi) is 9.13. The number of nitrogens with one attached hydrogen (secondary N) is 2. The van der Waals surface area contributed by atoms with E-state index in [4.69, 9.17) is 0 Å². The molecule has 1 aromatic heterocycles. The molecule has 5 aromatic carbocycles. The Labute approximate surface area is 272 Å². The Morgan fingerprint density at radius 2 is 1.41 bits per heavy atom. The van der Waals surface area contributed by atoms with Crippen LogP contribution in [0.15, 0.2) is 138 Å². The fourth-order valence-electron chi connectivity index (χ4n) is 5.49. The van der Waals surface area contributed by atoms with Crippen LogP contribution in [0.4, 0.5) is 5.69 Å². The second-order valence-electron chi connectivity index (χ2n) is 11.0. The quantitative estimate of drug-likeness (QED) is 0.125. The summed E-state index contributed by atoms with van der Waals surface area (Å²) in [5.41, 5.74) is 4.72. The van der Waals surface area contributed by atoms with E-state index in [1.807, 2.05) is 115 Å². The number of thioether (sulfide) groups is 1. The maximum Gasteiger partial charge on any atom is 0.272 e. The van der Waals surface area contributed by atoms with Crippen LogP contribution in [0.3, 0.4) is 0 Å². The van der Waals surface area contributed by atoms with Crippen molar-refractivity contribution < 1.29 is 14.4 Å². The lowest BCUT2D eigenvalue weighted by Gasteiger charge is -2.17. The van der Waals surface area contributed by atoms with Gasteiger partial charge in [0.1, 0.15) is 5.70 Å². The number of hydrogen-bond donors (Lipinski definition) is 2. The van der Waals surface area contributed by atoms with Crippen LogP contribution in [0, 0.1) is 6.92 Å². The molecule has 7 heteroatoms. The monoisotopic (exact) mass is 623 g/mol. The van der Waals surface area contributed by atoms with Gasteiger partial charge in [0.05, 0.1) is 16.3 Å². The average Bonchev–Trinajstić information content (AvgIpc) is 3.41. The zero-order valence-corrected chi connectivity index (χ0v) is 26.4. The number of anilines is 1. The van der Waals surface area contributed by atoms with Crippen LogP contribution in [0.2, 0.25) is 0 Å². The van der Waals surface area contributed by atoms with Gasteiger partial charge in [0.15, 0.2) is 0 Å². The molecule has 0 spiro atoms. The first-order chi connectivity index (χ1) is 22.4. The van der Waals surface area contributed by atoms with Gasteiger partial charge >= 0.3 is 0 Å². The van der Waals surface area contributed by atoms with Crippen molar-refractivity contribution in [2.45, 2.75) is 30.4 Å². The van der Waals surface area contributed by atoms with E-state index >= 15 is 0 Å². The standard InChI is InChI=1S/C39H33N3O3S/c1-3-36(39(45)42-34-21-9-7-19-31(34)32-20-8-10-22-35(32)42)46-30-18-12-17-29(25-30)40-38(44)33(24-27-14-11-13-26(2)23-27)41-37(43)28-15-5-4-6-16-28/h4-25,36H,3H2,1-2H3,(H,40,44)(H,41,43)/b33-24+. The molecule has 1 unspecified atom stereocenters. The molecule has 2 N–H and O–H groups in total. The number of amides is 2. The largest absolute Gasteiger partial charge is 0.321 e. The molecule has 0 saturated heterocycles. The number of rotatable bonds is 9. The number of para-hydroxylation sites is 2. The number of carbonyl (C=O) groups is 3. The molecule has 0 saturated carbocycles. The highest BCUT2D eigenvalue weighted by molar-refractivity contribution is 8.00. The summed E-state index contributed by atoms with van der Waals surface area (Å²) in [6.45, 7) is 3.98. The fraction of sp³-hybridized carbons (Fsp3) is 0.103. The Morgan fingerprint density at radius 1 is 0.761 bits per heavy atom. The number of nitrogens with zero attached hydrogens (tertiary/aromatic N) is 1. The second kappa shape index (κ2) is 13.7. The fourth-order valence-corrected chi connectivity index (χ4v) is 6.54. The Hall–Kier alpha value is -5.40. The summed E-state index contributed by atoms with van der Waals surface area (Å²) in [6, 6.07) is 39.9. The lowest BCUT2D eigenvalue weighted by molar-refractivity contribution is -0.113. The summed E-state index contributed by atoms with van der Waals surface area (Å²) >= 11 is 1.47. The Morgan fingerprint density at radius 3 is 2.09 bits per heavy atom. The van der Waals surface area contributed by atoms with E-state index in [1.54, 1.807) is 36.4 Å². The van der Waals surface area contributed by atoms with Gasteiger partial charge in [-0.05, 0) is 67.4 Å². The average molecular weight is 624 g/mol. The first-order valence-electron chi connectivity index (χ1n) is 15.2. The molecule has 6 aromatic rings. The van der Waals surface area contributed by atoms with Gasteiger partial charge in [0, 0.05) is 26.9 Å². The molecule has 6 rings (SSSR count). The van der Waals surface area contributed by atoms with E-state index in [2.05, 4.69) is 10.6 Å². The smallest absolute Gasteiger partial charge is 0.272 e. The molecule has 0 aliphatic carbocycles. The van der Waals surface area contributed by atoms with Crippen LogP contribution >= 0.6 is 11.8 Å². The molecule has 0 aliphatic rings. The summed E-state index contributed by atoms with van der Waals surface area (Å²) in [6.07, 6.45) is 2.29. The molecule has 0 fully saturated rings. The van der Waals surface area contributed by atoms with Gasteiger partial charge in [-0.1, -0.05) is 97.4 Å². The second-order valence-corrected chi connectivity index (χ2v) is 12.3. The number of fused-ring (bicyclic) bond motifs is 3. The lowest BCUT2D eigenvalue weighted by atomic mass is 10.1.